The standard InChI is InChI=1S/C19H15N3OS/c23-18(20-14-7-8-14)16-10-15-17(21-22-19(15)24-16)13-6-5-11-3-1-2-4-12(11)9-13/h1-6,9-10,14H,7-8H2,(H,20,23)(H,21,22). The van der Waals surface area contributed by atoms with Crippen LogP contribution in [0.25, 0.3) is 32.2 Å². The van der Waals surface area contributed by atoms with E-state index in [-0.39, 0.29) is 5.91 Å². The maximum Gasteiger partial charge on any atom is 0.261 e. The van der Waals surface area contributed by atoms with Crippen LogP contribution in [0, 0.1) is 0 Å². The van der Waals surface area contributed by atoms with Crippen LogP contribution in [-0.2, 0) is 0 Å². The number of carbonyl (C=O) groups excluding carboxylic acids is 1. The van der Waals surface area contributed by atoms with Crippen LogP contribution in [-0.4, -0.2) is 22.1 Å². The van der Waals surface area contributed by atoms with Crippen LogP contribution in [0.4, 0.5) is 0 Å². The second-order valence-electron chi connectivity index (χ2n) is 6.24. The number of aromatic nitrogens is 2. The van der Waals surface area contributed by atoms with Gasteiger partial charge in [-0.05, 0) is 35.7 Å². The summed E-state index contributed by atoms with van der Waals surface area (Å²) in [5, 5.41) is 14.0. The van der Waals surface area contributed by atoms with Crippen LogP contribution in [0.15, 0.2) is 48.5 Å². The minimum Gasteiger partial charge on any atom is -0.349 e. The van der Waals surface area contributed by atoms with Crippen molar-refractivity contribution in [2.24, 2.45) is 0 Å². The average Bonchev–Trinajstić information content (AvgIpc) is 3.17. The van der Waals surface area contributed by atoms with Crippen LogP contribution in [0.5, 0.6) is 0 Å². The smallest absolute Gasteiger partial charge is 0.261 e. The van der Waals surface area contributed by atoms with E-state index in [4.69, 9.17) is 0 Å². The molecular formula is C19H15N3OS. The molecule has 118 valence electrons. The van der Waals surface area contributed by atoms with E-state index in [0.29, 0.717) is 6.04 Å². The predicted octanol–water partition coefficient (Wildman–Crippen LogP) is 4.34. The van der Waals surface area contributed by atoms with Crippen molar-refractivity contribution in [3.63, 3.8) is 0 Å². The summed E-state index contributed by atoms with van der Waals surface area (Å²) < 4.78 is 0. The van der Waals surface area contributed by atoms with E-state index >= 15 is 0 Å². The lowest BCUT2D eigenvalue weighted by molar-refractivity contribution is 0.0955. The third-order valence-corrected chi connectivity index (χ3v) is 5.45. The number of carbonyl (C=O) groups is 1. The molecule has 24 heavy (non-hydrogen) atoms. The predicted molar refractivity (Wildman–Crippen MR) is 97.4 cm³/mol. The van der Waals surface area contributed by atoms with Gasteiger partial charge in [0.15, 0.2) is 0 Å². The third kappa shape index (κ3) is 2.29. The molecule has 0 unspecified atom stereocenters. The maximum absolute atomic E-state index is 12.3. The van der Waals surface area contributed by atoms with E-state index in [1.807, 2.05) is 18.2 Å². The van der Waals surface area contributed by atoms with Crippen molar-refractivity contribution >= 4 is 38.2 Å². The Labute approximate surface area is 142 Å². The van der Waals surface area contributed by atoms with Gasteiger partial charge in [-0.3, -0.25) is 9.89 Å². The Morgan fingerprint density at radius 2 is 1.96 bits per heavy atom. The minimum absolute atomic E-state index is 0.0246. The van der Waals surface area contributed by atoms with Gasteiger partial charge in [0.2, 0.25) is 0 Å². The highest BCUT2D eigenvalue weighted by atomic mass is 32.1. The lowest BCUT2D eigenvalue weighted by Crippen LogP contribution is -2.24. The Morgan fingerprint density at radius 3 is 2.79 bits per heavy atom. The quantitative estimate of drug-likeness (QED) is 0.586. The molecule has 2 aromatic heterocycles. The van der Waals surface area contributed by atoms with Gasteiger partial charge in [-0.25, -0.2) is 0 Å². The molecule has 0 spiro atoms. The van der Waals surface area contributed by atoms with Crippen molar-refractivity contribution in [1.82, 2.24) is 15.5 Å². The zero-order valence-electron chi connectivity index (χ0n) is 12.9. The van der Waals surface area contributed by atoms with Crippen molar-refractivity contribution in [2.45, 2.75) is 18.9 Å². The number of rotatable bonds is 3. The molecule has 1 saturated carbocycles. The Morgan fingerprint density at radius 1 is 1.12 bits per heavy atom. The van der Waals surface area contributed by atoms with Gasteiger partial charge in [-0.1, -0.05) is 36.4 Å². The molecule has 5 rings (SSSR count). The molecule has 0 saturated heterocycles. The van der Waals surface area contributed by atoms with Gasteiger partial charge in [0, 0.05) is 17.0 Å². The summed E-state index contributed by atoms with van der Waals surface area (Å²) >= 11 is 1.46. The first-order chi connectivity index (χ1) is 11.8. The van der Waals surface area contributed by atoms with Gasteiger partial charge in [0.1, 0.15) is 10.5 Å². The fraction of sp³-hybridized carbons (Fsp3) is 0.158. The van der Waals surface area contributed by atoms with Gasteiger partial charge < -0.3 is 5.32 Å². The molecule has 2 heterocycles. The average molecular weight is 333 g/mol. The summed E-state index contributed by atoms with van der Waals surface area (Å²) in [7, 11) is 0. The number of hydrogen-bond donors (Lipinski definition) is 2. The van der Waals surface area contributed by atoms with Gasteiger partial charge in [-0.15, -0.1) is 11.3 Å². The van der Waals surface area contributed by atoms with Gasteiger partial charge in [-0.2, -0.15) is 5.10 Å². The summed E-state index contributed by atoms with van der Waals surface area (Å²) in [6, 6.07) is 16.9. The monoisotopic (exact) mass is 333 g/mol. The molecule has 1 fully saturated rings. The van der Waals surface area contributed by atoms with Crippen molar-refractivity contribution in [3.05, 3.63) is 53.4 Å². The Hall–Kier alpha value is -2.66. The number of benzene rings is 2. The summed E-state index contributed by atoms with van der Waals surface area (Å²) in [6.07, 6.45) is 2.19. The maximum atomic E-state index is 12.3. The highest BCUT2D eigenvalue weighted by Crippen LogP contribution is 2.33. The van der Waals surface area contributed by atoms with Gasteiger partial charge >= 0.3 is 0 Å². The van der Waals surface area contributed by atoms with Gasteiger partial charge in [0.05, 0.1) is 4.88 Å². The van der Waals surface area contributed by atoms with E-state index < -0.39 is 0 Å². The molecule has 2 aromatic carbocycles. The Balaban J connectivity index is 1.57. The SMILES string of the molecule is O=C(NC1CC1)c1cc2c(-c3ccc4ccccc4c3)n[nH]c2s1. The fourth-order valence-electron chi connectivity index (χ4n) is 2.97. The van der Waals surface area contributed by atoms with E-state index in [0.717, 1.165) is 39.2 Å². The second-order valence-corrected chi connectivity index (χ2v) is 7.29. The first-order valence-electron chi connectivity index (χ1n) is 8.06. The van der Waals surface area contributed by atoms with E-state index in [2.05, 4.69) is 45.8 Å². The molecule has 4 nitrogen and oxygen atoms in total. The third-order valence-electron chi connectivity index (χ3n) is 4.42. The Kier molecular flexibility index (Phi) is 2.97. The second kappa shape index (κ2) is 5.18. The largest absolute Gasteiger partial charge is 0.349 e. The number of nitrogens with one attached hydrogen (secondary N) is 2. The number of aromatic amines is 1. The van der Waals surface area contributed by atoms with Crippen LogP contribution in [0.1, 0.15) is 22.5 Å². The Bertz CT molecular complexity index is 1070. The summed E-state index contributed by atoms with van der Waals surface area (Å²) in [6.45, 7) is 0. The van der Waals surface area contributed by atoms with Crippen molar-refractivity contribution in [1.29, 1.82) is 0 Å². The van der Waals surface area contributed by atoms with Crippen LogP contribution >= 0.6 is 11.3 Å². The van der Waals surface area contributed by atoms with E-state index in [1.165, 1.54) is 22.1 Å². The van der Waals surface area contributed by atoms with Crippen molar-refractivity contribution in [2.75, 3.05) is 0 Å². The van der Waals surface area contributed by atoms with Crippen LogP contribution < -0.4 is 5.32 Å². The number of H-pyrrole nitrogens is 1. The van der Waals surface area contributed by atoms with Crippen LogP contribution in [0.3, 0.4) is 0 Å². The molecule has 0 atom stereocenters. The first-order valence-corrected chi connectivity index (χ1v) is 8.87. The molecule has 0 radical (unpaired) electrons. The molecule has 1 aliphatic rings. The highest BCUT2D eigenvalue weighted by molar-refractivity contribution is 7.20. The highest BCUT2D eigenvalue weighted by Gasteiger charge is 2.25. The molecule has 0 aliphatic heterocycles. The molecule has 0 bridgehead atoms. The van der Waals surface area contributed by atoms with Crippen LogP contribution in [0.2, 0.25) is 0 Å². The number of fused-ring (bicyclic) bond motifs is 2. The van der Waals surface area contributed by atoms with Gasteiger partial charge in [0.25, 0.3) is 5.91 Å². The number of thiophene rings is 1. The molecular weight excluding hydrogens is 318 g/mol. The first kappa shape index (κ1) is 13.7. The zero-order chi connectivity index (χ0) is 16.1. The summed E-state index contributed by atoms with van der Waals surface area (Å²) in [4.78, 5) is 13.9. The summed E-state index contributed by atoms with van der Waals surface area (Å²) in [5.41, 5.74) is 1.96. The molecule has 4 aromatic rings. The van der Waals surface area contributed by atoms with E-state index in [9.17, 15) is 4.79 Å². The summed E-state index contributed by atoms with van der Waals surface area (Å²) in [5.74, 6) is 0.0246. The van der Waals surface area contributed by atoms with Crippen molar-refractivity contribution in [3.8, 4) is 11.3 Å². The fourth-order valence-corrected chi connectivity index (χ4v) is 3.87. The molecule has 5 heteroatoms. The van der Waals surface area contributed by atoms with E-state index in [1.54, 1.807) is 0 Å². The number of amides is 1. The molecule has 1 aliphatic carbocycles. The lowest BCUT2D eigenvalue weighted by Gasteiger charge is -2.01. The molecule has 1 amide bonds. The minimum atomic E-state index is 0.0246. The molecule has 2 N–H and O–H groups in total. The van der Waals surface area contributed by atoms with Crippen molar-refractivity contribution < 1.29 is 4.79 Å². The topological polar surface area (TPSA) is 57.8 Å². The number of nitrogens with zero attached hydrogens (tertiary/aromatic N) is 1. The zero-order valence-corrected chi connectivity index (χ0v) is 13.7. The normalized spacial score (nSPS) is 14.3. The number of hydrogen-bond acceptors (Lipinski definition) is 3. The lowest BCUT2D eigenvalue weighted by atomic mass is 10.0.